The van der Waals surface area contributed by atoms with Gasteiger partial charge < -0.3 is 10.5 Å². The summed E-state index contributed by atoms with van der Waals surface area (Å²) in [5.74, 6) is 1.74. The van der Waals surface area contributed by atoms with Crippen LogP contribution in [0.15, 0.2) is 45.8 Å². The van der Waals surface area contributed by atoms with Crippen molar-refractivity contribution in [3.8, 4) is 11.5 Å². The average molecular weight is 356 g/mol. The third-order valence-electron chi connectivity index (χ3n) is 2.71. The summed E-state index contributed by atoms with van der Waals surface area (Å²) in [4.78, 5) is 1.10. The maximum absolute atomic E-state index is 13.5. The van der Waals surface area contributed by atoms with E-state index in [9.17, 15) is 4.39 Å². The Balaban J connectivity index is 2.32. The normalized spacial score (nSPS) is 10.6. The van der Waals surface area contributed by atoms with E-state index in [0.717, 1.165) is 16.2 Å². The molecule has 0 aliphatic rings. The van der Waals surface area contributed by atoms with Crippen molar-refractivity contribution in [2.45, 2.75) is 18.4 Å². The van der Waals surface area contributed by atoms with Gasteiger partial charge in [-0.3, -0.25) is 0 Å². The van der Waals surface area contributed by atoms with E-state index < -0.39 is 0 Å². The second-order valence-corrected chi connectivity index (χ2v) is 6.21. The lowest BCUT2D eigenvalue weighted by Gasteiger charge is -2.13. The van der Waals surface area contributed by atoms with Gasteiger partial charge in [0.1, 0.15) is 17.3 Å². The fourth-order valence-electron chi connectivity index (χ4n) is 1.80. The molecule has 0 aliphatic heterocycles. The Morgan fingerprint density at radius 1 is 1.30 bits per heavy atom. The summed E-state index contributed by atoms with van der Waals surface area (Å²) in [6.45, 7) is 2.47. The fourth-order valence-corrected chi connectivity index (χ4v) is 2.89. The quantitative estimate of drug-likeness (QED) is 0.770. The number of hydrogen-bond acceptors (Lipinski definition) is 3. The van der Waals surface area contributed by atoms with Gasteiger partial charge in [0.25, 0.3) is 0 Å². The Morgan fingerprint density at radius 3 is 2.75 bits per heavy atom. The molecule has 20 heavy (non-hydrogen) atoms. The minimum Gasteiger partial charge on any atom is -0.457 e. The van der Waals surface area contributed by atoms with Gasteiger partial charge in [0.05, 0.1) is 4.47 Å². The van der Waals surface area contributed by atoms with Gasteiger partial charge in [-0.05, 0) is 45.9 Å². The summed E-state index contributed by atoms with van der Waals surface area (Å²) in [6, 6.07) is 10.5. The monoisotopic (exact) mass is 355 g/mol. The second kappa shape index (κ2) is 7.11. The minimum absolute atomic E-state index is 0.351. The van der Waals surface area contributed by atoms with E-state index in [0.29, 0.717) is 22.5 Å². The second-order valence-electron chi connectivity index (χ2n) is 4.05. The number of benzene rings is 2. The van der Waals surface area contributed by atoms with Crippen molar-refractivity contribution in [3.63, 3.8) is 0 Å². The molecular formula is C15H15BrFNOS. The van der Waals surface area contributed by atoms with Crippen molar-refractivity contribution in [2.24, 2.45) is 5.73 Å². The average Bonchev–Trinajstić information content (AvgIpc) is 2.44. The van der Waals surface area contributed by atoms with Gasteiger partial charge in [0, 0.05) is 23.1 Å². The zero-order valence-electron chi connectivity index (χ0n) is 11.0. The van der Waals surface area contributed by atoms with Crippen molar-refractivity contribution in [1.29, 1.82) is 0 Å². The lowest BCUT2D eigenvalue weighted by atomic mass is 10.2. The Bertz CT molecular complexity index is 606. The molecule has 0 amide bonds. The number of nitrogens with two attached hydrogens (primary N) is 1. The highest BCUT2D eigenvalue weighted by Gasteiger charge is 2.10. The third-order valence-corrected chi connectivity index (χ3v) is 4.34. The molecule has 0 fully saturated rings. The molecule has 2 aromatic carbocycles. The van der Waals surface area contributed by atoms with E-state index in [1.165, 1.54) is 6.07 Å². The summed E-state index contributed by atoms with van der Waals surface area (Å²) in [5.41, 5.74) is 6.76. The van der Waals surface area contributed by atoms with Gasteiger partial charge in [0.15, 0.2) is 0 Å². The van der Waals surface area contributed by atoms with E-state index in [2.05, 4.69) is 22.9 Å². The molecule has 106 valence electrons. The molecule has 2 aromatic rings. The van der Waals surface area contributed by atoms with Gasteiger partial charge in [-0.2, -0.15) is 0 Å². The molecular weight excluding hydrogens is 341 g/mol. The Morgan fingerprint density at radius 2 is 2.10 bits per heavy atom. The van der Waals surface area contributed by atoms with Gasteiger partial charge in [-0.25, -0.2) is 4.39 Å². The van der Waals surface area contributed by atoms with Crippen LogP contribution < -0.4 is 10.5 Å². The molecule has 2 nitrogen and oxygen atoms in total. The van der Waals surface area contributed by atoms with Crippen LogP contribution in [0.25, 0.3) is 0 Å². The predicted octanol–water partition coefficient (Wildman–Crippen LogP) is 4.95. The van der Waals surface area contributed by atoms with Crippen LogP contribution in [0.2, 0.25) is 0 Å². The van der Waals surface area contributed by atoms with Crippen LogP contribution in [-0.4, -0.2) is 5.75 Å². The first-order chi connectivity index (χ1) is 9.65. The number of halogens is 2. The topological polar surface area (TPSA) is 35.2 Å². The molecule has 0 aliphatic carbocycles. The highest BCUT2D eigenvalue weighted by atomic mass is 79.9. The maximum Gasteiger partial charge on any atom is 0.141 e. The molecule has 2 rings (SSSR count). The van der Waals surface area contributed by atoms with Crippen molar-refractivity contribution >= 4 is 27.7 Å². The highest BCUT2D eigenvalue weighted by Crippen LogP contribution is 2.33. The van der Waals surface area contributed by atoms with Crippen LogP contribution >= 0.6 is 27.7 Å². The molecule has 2 N–H and O–H groups in total. The molecule has 0 bridgehead atoms. The number of thioether (sulfide) groups is 1. The molecule has 0 saturated heterocycles. The summed E-state index contributed by atoms with van der Waals surface area (Å²) >= 11 is 4.84. The molecule has 0 spiro atoms. The smallest absolute Gasteiger partial charge is 0.141 e. The highest BCUT2D eigenvalue weighted by molar-refractivity contribution is 9.10. The zero-order chi connectivity index (χ0) is 14.5. The zero-order valence-corrected chi connectivity index (χ0v) is 13.4. The van der Waals surface area contributed by atoms with Gasteiger partial charge in [-0.1, -0.05) is 13.0 Å². The molecule has 0 saturated carbocycles. The van der Waals surface area contributed by atoms with E-state index in [1.807, 2.05) is 18.2 Å². The lowest BCUT2D eigenvalue weighted by Crippen LogP contribution is -2.01. The predicted molar refractivity (Wildman–Crippen MR) is 84.9 cm³/mol. The van der Waals surface area contributed by atoms with E-state index in [4.69, 9.17) is 10.5 Å². The standard InChI is InChI=1S/C15H15BrFNOS/c1-2-20-15-5-3-4-14(11(15)9-18)19-10-6-7-12(16)13(17)8-10/h3-8H,2,9,18H2,1H3. The first kappa shape index (κ1) is 15.4. The van der Waals surface area contributed by atoms with Crippen LogP contribution in [0.5, 0.6) is 11.5 Å². The van der Waals surface area contributed by atoms with Gasteiger partial charge in [-0.15, -0.1) is 11.8 Å². The molecule has 0 aromatic heterocycles. The molecule has 0 atom stereocenters. The van der Waals surface area contributed by atoms with Crippen LogP contribution in [0.1, 0.15) is 12.5 Å². The van der Waals surface area contributed by atoms with E-state index >= 15 is 0 Å². The first-order valence-electron chi connectivity index (χ1n) is 6.23. The Labute approximate surface area is 130 Å². The van der Waals surface area contributed by atoms with Crippen molar-refractivity contribution < 1.29 is 9.13 Å². The molecule has 0 radical (unpaired) electrons. The van der Waals surface area contributed by atoms with Crippen LogP contribution in [0, 0.1) is 5.82 Å². The summed E-state index contributed by atoms with van der Waals surface area (Å²) in [7, 11) is 0. The van der Waals surface area contributed by atoms with Crippen LogP contribution in [0.4, 0.5) is 4.39 Å². The third kappa shape index (κ3) is 3.53. The van der Waals surface area contributed by atoms with Crippen LogP contribution in [-0.2, 0) is 6.54 Å². The SMILES string of the molecule is CCSc1cccc(Oc2ccc(Br)c(F)c2)c1CN. The van der Waals surface area contributed by atoms with Crippen molar-refractivity contribution in [3.05, 3.63) is 52.3 Å². The molecule has 0 heterocycles. The summed E-state index contributed by atoms with van der Waals surface area (Å²) in [6.07, 6.45) is 0. The lowest BCUT2D eigenvalue weighted by molar-refractivity contribution is 0.468. The maximum atomic E-state index is 13.5. The number of hydrogen-bond donors (Lipinski definition) is 1. The van der Waals surface area contributed by atoms with Crippen LogP contribution in [0.3, 0.4) is 0 Å². The van der Waals surface area contributed by atoms with Gasteiger partial charge in [0.2, 0.25) is 0 Å². The summed E-state index contributed by atoms with van der Waals surface area (Å²) < 4.78 is 19.7. The summed E-state index contributed by atoms with van der Waals surface area (Å²) in [5, 5.41) is 0. The van der Waals surface area contributed by atoms with Crippen molar-refractivity contribution in [1.82, 2.24) is 0 Å². The Kier molecular flexibility index (Phi) is 5.46. The largest absolute Gasteiger partial charge is 0.457 e. The van der Waals surface area contributed by atoms with Crippen molar-refractivity contribution in [2.75, 3.05) is 5.75 Å². The molecule has 5 heteroatoms. The molecule has 0 unspecified atom stereocenters. The number of ether oxygens (including phenoxy) is 1. The first-order valence-corrected chi connectivity index (χ1v) is 8.01. The fraction of sp³-hybridized carbons (Fsp3) is 0.200. The minimum atomic E-state index is -0.351. The van der Waals surface area contributed by atoms with E-state index in [-0.39, 0.29) is 5.82 Å². The number of rotatable bonds is 5. The Hall–Kier alpha value is -1.04. The van der Waals surface area contributed by atoms with Gasteiger partial charge >= 0.3 is 0 Å². The van der Waals surface area contributed by atoms with E-state index in [1.54, 1.807) is 23.9 Å².